The van der Waals surface area contributed by atoms with Crippen LogP contribution in [0.3, 0.4) is 0 Å². The second-order valence-corrected chi connectivity index (χ2v) is 2.18. The molecule has 1 rings (SSSR count). The third-order valence-corrected chi connectivity index (χ3v) is 1.58. The van der Waals surface area contributed by atoms with Crippen molar-refractivity contribution in [2.75, 3.05) is 13.1 Å². The molecule has 1 heteroatoms. The molecule has 0 aromatic carbocycles. The molecule has 0 aromatic heterocycles. The SMILES string of the molecule is C/C=C/C1CN1CC. The highest BCUT2D eigenvalue weighted by Crippen LogP contribution is 2.16. The summed E-state index contributed by atoms with van der Waals surface area (Å²) in [5.41, 5.74) is 0. The zero-order valence-corrected chi connectivity index (χ0v) is 5.59. The Labute approximate surface area is 51.0 Å². The molecule has 1 aliphatic rings. The largest absolute Gasteiger partial charge is 0.294 e. The van der Waals surface area contributed by atoms with Gasteiger partial charge in [0.2, 0.25) is 0 Å². The van der Waals surface area contributed by atoms with Gasteiger partial charge in [-0.25, -0.2) is 0 Å². The van der Waals surface area contributed by atoms with Crippen LogP contribution < -0.4 is 0 Å². The number of hydrogen-bond donors (Lipinski definition) is 0. The zero-order valence-electron chi connectivity index (χ0n) is 5.59. The maximum absolute atomic E-state index is 2.42. The fourth-order valence-electron chi connectivity index (χ4n) is 0.961. The average Bonchev–Trinajstić information content (AvgIpc) is 2.48. The van der Waals surface area contributed by atoms with Crippen molar-refractivity contribution in [3.05, 3.63) is 12.2 Å². The first-order chi connectivity index (χ1) is 3.88. The van der Waals surface area contributed by atoms with E-state index in [1.807, 2.05) is 0 Å². The van der Waals surface area contributed by atoms with Crippen molar-refractivity contribution in [2.45, 2.75) is 19.9 Å². The molecule has 2 unspecified atom stereocenters. The molecule has 0 spiro atoms. The lowest BCUT2D eigenvalue weighted by Crippen LogP contribution is -1.96. The van der Waals surface area contributed by atoms with Crippen LogP contribution in [0.4, 0.5) is 0 Å². The van der Waals surface area contributed by atoms with E-state index in [-0.39, 0.29) is 0 Å². The highest BCUT2D eigenvalue weighted by atomic mass is 15.3. The fourth-order valence-corrected chi connectivity index (χ4v) is 0.961. The predicted molar refractivity (Wildman–Crippen MR) is 35.8 cm³/mol. The van der Waals surface area contributed by atoms with Gasteiger partial charge in [-0.3, -0.25) is 4.90 Å². The minimum absolute atomic E-state index is 0.782. The van der Waals surface area contributed by atoms with Crippen molar-refractivity contribution in [2.24, 2.45) is 0 Å². The van der Waals surface area contributed by atoms with Gasteiger partial charge in [-0.2, -0.15) is 0 Å². The lowest BCUT2D eigenvalue weighted by Gasteiger charge is -1.89. The molecule has 8 heavy (non-hydrogen) atoms. The van der Waals surface area contributed by atoms with Gasteiger partial charge < -0.3 is 0 Å². The van der Waals surface area contributed by atoms with E-state index in [4.69, 9.17) is 0 Å². The van der Waals surface area contributed by atoms with Gasteiger partial charge >= 0.3 is 0 Å². The summed E-state index contributed by atoms with van der Waals surface area (Å²) in [6, 6.07) is 0.782. The topological polar surface area (TPSA) is 3.01 Å². The summed E-state index contributed by atoms with van der Waals surface area (Å²) in [6.45, 7) is 6.76. The maximum Gasteiger partial charge on any atom is 0.0406 e. The summed E-state index contributed by atoms with van der Waals surface area (Å²) in [5.74, 6) is 0. The molecule has 2 atom stereocenters. The van der Waals surface area contributed by atoms with Crippen molar-refractivity contribution in [1.82, 2.24) is 4.90 Å². The highest BCUT2D eigenvalue weighted by Gasteiger charge is 2.28. The van der Waals surface area contributed by atoms with Crippen LogP contribution in [0.2, 0.25) is 0 Å². The summed E-state index contributed by atoms with van der Waals surface area (Å²) in [4.78, 5) is 2.42. The van der Waals surface area contributed by atoms with Crippen LogP contribution in [0.5, 0.6) is 0 Å². The molecule has 1 nitrogen and oxygen atoms in total. The Balaban J connectivity index is 2.17. The molecule has 0 amide bonds. The Morgan fingerprint density at radius 1 is 1.75 bits per heavy atom. The lowest BCUT2D eigenvalue weighted by molar-refractivity contribution is 0.565. The first kappa shape index (κ1) is 5.83. The number of likely N-dealkylation sites (N-methyl/N-ethyl adjacent to an activating group) is 1. The Hall–Kier alpha value is -0.300. The van der Waals surface area contributed by atoms with E-state index in [0.717, 1.165) is 6.04 Å². The van der Waals surface area contributed by atoms with Gasteiger partial charge in [-0.05, 0) is 13.5 Å². The van der Waals surface area contributed by atoms with E-state index in [1.165, 1.54) is 13.1 Å². The van der Waals surface area contributed by atoms with E-state index >= 15 is 0 Å². The van der Waals surface area contributed by atoms with E-state index in [9.17, 15) is 0 Å². The van der Waals surface area contributed by atoms with Gasteiger partial charge in [-0.1, -0.05) is 19.1 Å². The van der Waals surface area contributed by atoms with Crippen LogP contribution >= 0.6 is 0 Å². The molecule has 1 aliphatic heterocycles. The molecule has 1 fully saturated rings. The Morgan fingerprint density at radius 2 is 2.50 bits per heavy atom. The van der Waals surface area contributed by atoms with Crippen LogP contribution in [0.1, 0.15) is 13.8 Å². The molecule has 0 saturated carbocycles. The summed E-state index contributed by atoms with van der Waals surface area (Å²) >= 11 is 0. The number of rotatable bonds is 2. The number of nitrogens with zero attached hydrogens (tertiary/aromatic N) is 1. The molecular weight excluding hydrogens is 98.1 g/mol. The van der Waals surface area contributed by atoms with Gasteiger partial charge in [0.1, 0.15) is 0 Å². The first-order valence-electron chi connectivity index (χ1n) is 3.25. The predicted octanol–water partition coefficient (Wildman–Crippen LogP) is 1.27. The molecule has 0 aliphatic carbocycles. The molecule has 1 heterocycles. The highest BCUT2D eigenvalue weighted by molar-refractivity contribution is 5.04. The third-order valence-electron chi connectivity index (χ3n) is 1.58. The van der Waals surface area contributed by atoms with Crippen molar-refractivity contribution < 1.29 is 0 Å². The van der Waals surface area contributed by atoms with Crippen LogP contribution in [0, 0.1) is 0 Å². The van der Waals surface area contributed by atoms with Gasteiger partial charge in [0.15, 0.2) is 0 Å². The summed E-state index contributed by atoms with van der Waals surface area (Å²) in [5, 5.41) is 0. The second-order valence-electron chi connectivity index (χ2n) is 2.18. The minimum Gasteiger partial charge on any atom is -0.294 e. The number of hydrogen-bond acceptors (Lipinski definition) is 1. The van der Waals surface area contributed by atoms with Crippen molar-refractivity contribution in [1.29, 1.82) is 0 Å². The summed E-state index contributed by atoms with van der Waals surface area (Å²) < 4.78 is 0. The van der Waals surface area contributed by atoms with Gasteiger partial charge in [0, 0.05) is 12.6 Å². The van der Waals surface area contributed by atoms with Gasteiger partial charge in [0.05, 0.1) is 0 Å². The monoisotopic (exact) mass is 111 g/mol. The Bertz CT molecular complexity index is 96.6. The average molecular weight is 111 g/mol. The molecule has 0 aromatic rings. The van der Waals surface area contributed by atoms with Crippen LogP contribution in [-0.4, -0.2) is 24.0 Å². The molecule has 0 bridgehead atoms. The smallest absolute Gasteiger partial charge is 0.0406 e. The first-order valence-corrected chi connectivity index (χ1v) is 3.25. The molecular formula is C7H13N. The minimum atomic E-state index is 0.782. The molecule has 0 radical (unpaired) electrons. The van der Waals surface area contributed by atoms with Crippen molar-refractivity contribution in [3.8, 4) is 0 Å². The summed E-state index contributed by atoms with van der Waals surface area (Å²) in [7, 11) is 0. The van der Waals surface area contributed by atoms with E-state index in [1.54, 1.807) is 0 Å². The lowest BCUT2D eigenvalue weighted by atomic mass is 10.4. The van der Waals surface area contributed by atoms with E-state index < -0.39 is 0 Å². The maximum atomic E-state index is 2.42. The summed E-state index contributed by atoms with van der Waals surface area (Å²) in [6.07, 6.45) is 4.38. The quantitative estimate of drug-likeness (QED) is 0.383. The van der Waals surface area contributed by atoms with Crippen molar-refractivity contribution in [3.63, 3.8) is 0 Å². The van der Waals surface area contributed by atoms with Gasteiger partial charge in [0.25, 0.3) is 0 Å². The van der Waals surface area contributed by atoms with E-state index in [0.29, 0.717) is 0 Å². The van der Waals surface area contributed by atoms with Crippen LogP contribution in [0.25, 0.3) is 0 Å². The van der Waals surface area contributed by atoms with E-state index in [2.05, 4.69) is 30.9 Å². The molecule has 46 valence electrons. The van der Waals surface area contributed by atoms with Crippen LogP contribution in [0.15, 0.2) is 12.2 Å². The normalized spacial score (nSPS) is 36.2. The molecule has 1 saturated heterocycles. The Morgan fingerprint density at radius 3 is 2.88 bits per heavy atom. The second kappa shape index (κ2) is 2.31. The third kappa shape index (κ3) is 1.10. The number of allylic oxidation sites excluding steroid dienone is 1. The Kier molecular flexibility index (Phi) is 1.69. The van der Waals surface area contributed by atoms with Crippen LogP contribution in [-0.2, 0) is 0 Å². The molecule has 0 N–H and O–H groups in total. The standard InChI is InChI=1S/C7H13N/c1-3-5-7-6-8(7)4-2/h3,5,7H,4,6H2,1-2H3/b5-3+. The zero-order chi connectivity index (χ0) is 5.98. The van der Waals surface area contributed by atoms with Crippen molar-refractivity contribution >= 4 is 0 Å². The fraction of sp³-hybridized carbons (Fsp3) is 0.714. The van der Waals surface area contributed by atoms with Gasteiger partial charge in [-0.15, -0.1) is 0 Å².